The zero-order chi connectivity index (χ0) is 14.1. The van der Waals surface area contributed by atoms with Crippen LogP contribution >= 0.6 is 12.2 Å². The van der Waals surface area contributed by atoms with Crippen molar-refractivity contribution >= 4 is 23.5 Å². The molecule has 1 aromatic carbocycles. The van der Waals surface area contributed by atoms with Crippen LogP contribution < -0.4 is 15.9 Å². The van der Waals surface area contributed by atoms with Crippen LogP contribution in [-0.2, 0) is 11.3 Å². The van der Waals surface area contributed by atoms with Crippen molar-refractivity contribution < 1.29 is 9.47 Å². The number of methoxy groups -OCH3 is 1. The molecule has 3 N–H and O–H groups in total. The van der Waals surface area contributed by atoms with Gasteiger partial charge in [-0.05, 0) is 42.4 Å². The van der Waals surface area contributed by atoms with Crippen LogP contribution in [0, 0.1) is 0 Å². The van der Waals surface area contributed by atoms with Crippen molar-refractivity contribution in [1.29, 1.82) is 0 Å². The molecule has 0 heterocycles. The molecular weight excluding hydrogens is 262 g/mol. The Hall–Kier alpha value is -1.66. The van der Waals surface area contributed by atoms with Crippen molar-refractivity contribution in [2.24, 2.45) is 10.8 Å². The second-order valence-corrected chi connectivity index (χ2v) is 4.32. The summed E-state index contributed by atoms with van der Waals surface area (Å²) >= 11 is 4.66. The lowest BCUT2D eigenvalue weighted by Gasteiger charge is -2.11. The lowest BCUT2D eigenvalue weighted by molar-refractivity contribution is 0.179. The molecule has 0 saturated heterocycles. The predicted molar refractivity (Wildman–Crippen MR) is 80.5 cm³/mol. The number of thiocarbonyl (C=S) groups is 1. The van der Waals surface area contributed by atoms with Gasteiger partial charge in [-0.3, -0.25) is 5.43 Å². The summed E-state index contributed by atoms with van der Waals surface area (Å²) in [6, 6.07) is 5.78. The Morgan fingerprint density at radius 2 is 2.32 bits per heavy atom. The topological polar surface area (TPSA) is 68.9 Å². The van der Waals surface area contributed by atoms with Gasteiger partial charge in [0.1, 0.15) is 5.75 Å². The third kappa shape index (κ3) is 5.67. The van der Waals surface area contributed by atoms with E-state index in [-0.39, 0.29) is 5.11 Å². The van der Waals surface area contributed by atoms with Crippen LogP contribution in [0.15, 0.2) is 23.3 Å². The molecule has 0 spiro atoms. The summed E-state index contributed by atoms with van der Waals surface area (Å²) < 4.78 is 10.8. The molecule has 0 atom stereocenters. The highest BCUT2D eigenvalue weighted by Crippen LogP contribution is 2.20. The first-order chi connectivity index (χ1) is 9.17. The molecule has 1 rings (SSSR count). The fourth-order valence-corrected chi connectivity index (χ4v) is 1.52. The molecule has 6 heteroatoms. The molecule has 0 amide bonds. The first-order valence-corrected chi connectivity index (χ1v) is 6.41. The van der Waals surface area contributed by atoms with Gasteiger partial charge in [0.2, 0.25) is 0 Å². The molecule has 0 aromatic heterocycles. The Kier molecular flexibility index (Phi) is 6.84. The van der Waals surface area contributed by atoms with Gasteiger partial charge in [-0.15, -0.1) is 0 Å². The minimum atomic E-state index is 0.135. The number of ether oxygens (including phenoxy) is 2. The quantitative estimate of drug-likeness (QED) is 0.453. The van der Waals surface area contributed by atoms with Crippen molar-refractivity contribution in [2.75, 3.05) is 13.7 Å². The van der Waals surface area contributed by atoms with Gasteiger partial charge in [-0.25, -0.2) is 0 Å². The highest BCUT2D eigenvalue weighted by Gasteiger charge is 2.04. The average molecular weight is 281 g/mol. The zero-order valence-corrected chi connectivity index (χ0v) is 12.0. The van der Waals surface area contributed by atoms with Gasteiger partial charge in [0.25, 0.3) is 0 Å². The minimum Gasteiger partial charge on any atom is -0.493 e. The van der Waals surface area contributed by atoms with Gasteiger partial charge in [-0.2, -0.15) is 5.10 Å². The van der Waals surface area contributed by atoms with Crippen LogP contribution in [0.2, 0.25) is 0 Å². The molecule has 0 bridgehead atoms. The molecular formula is C13H19N3O2S. The Balaban J connectivity index is 2.82. The predicted octanol–water partition coefficient (Wildman–Crippen LogP) is 1.79. The molecule has 0 radical (unpaired) electrons. The van der Waals surface area contributed by atoms with Crippen molar-refractivity contribution in [2.45, 2.75) is 20.0 Å². The normalized spacial score (nSPS) is 10.6. The Labute approximate surface area is 118 Å². The van der Waals surface area contributed by atoms with E-state index in [4.69, 9.17) is 15.2 Å². The van der Waals surface area contributed by atoms with Crippen LogP contribution in [0.5, 0.6) is 5.75 Å². The molecule has 0 saturated carbocycles. The van der Waals surface area contributed by atoms with Crippen LogP contribution in [0.25, 0.3) is 0 Å². The third-order valence-corrected chi connectivity index (χ3v) is 2.33. The fraction of sp³-hybridized carbons (Fsp3) is 0.385. The molecule has 0 unspecified atom stereocenters. The maximum Gasteiger partial charge on any atom is 0.184 e. The first-order valence-electron chi connectivity index (χ1n) is 6.00. The standard InChI is InChI=1S/C13H19N3O2S/c1-3-6-18-12-5-4-10(7-11(12)9-17-2)8-15-16-13(14)19/h4-5,7-8H,3,6,9H2,1-2H3,(H3,14,16,19). The van der Waals surface area contributed by atoms with E-state index in [0.29, 0.717) is 13.2 Å². The SMILES string of the molecule is CCCOc1ccc(C=NNC(N)=S)cc1COC. The number of benzene rings is 1. The molecule has 19 heavy (non-hydrogen) atoms. The van der Waals surface area contributed by atoms with E-state index >= 15 is 0 Å². The minimum absolute atomic E-state index is 0.135. The zero-order valence-electron chi connectivity index (χ0n) is 11.2. The van der Waals surface area contributed by atoms with Crippen molar-refractivity contribution in [3.05, 3.63) is 29.3 Å². The molecule has 0 aliphatic heterocycles. The van der Waals surface area contributed by atoms with Crippen LogP contribution in [-0.4, -0.2) is 25.0 Å². The number of nitrogens with two attached hydrogens (primary N) is 1. The summed E-state index contributed by atoms with van der Waals surface area (Å²) in [5.74, 6) is 0.836. The summed E-state index contributed by atoms with van der Waals surface area (Å²) in [5, 5.41) is 4.05. The molecule has 0 aliphatic carbocycles. The van der Waals surface area contributed by atoms with E-state index in [2.05, 4.69) is 29.7 Å². The summed E-state index contributed by atoms with van der Waals surface area (Å²) in [6.45, 7) is 3.25. The highest BCUT2D eigenvalue weighted by molar-refractivity contribution is 7.80. The fourth-order valence-electron chi connectivity index (χ4n) is 1.47. The maximum atomic E-state index is 5.66. The van der Waals surface area contributed by atoms with E-state index in [1.807, 2.05) is 18.2 Å². The summed E-state index contributed by atoms with van der Waals surface area (Å²) in [7, 11) is 1.65. The van der Waals surface area contributed by atoms with E-state index in [1.165, 1.54) is 0 Å². The number of hydrogen-bond acceptors (Lipinski definition) is 4. The maximum absolute atomic E-state index is 5.66. The van der Waals surface area contributed by atoms with Gasteiger partial charge in [0, 0.05) is 12.7 Å². The summed E-state index contributed by atoms with van der Waals surface area (Å²) in [4.78, 5) is 0. The van der Waals surface area contributed by atoms with E-state index in [1.54, 1.807) is 13.3 Å². The lowest BCUT2D eigenvalue weighted by Crippen LogP contribution is -2.24. The summed E-state index contributed by atoms with van der Waals surface area (Å²) in [5.41, 5.74) is 9.69. The smallest absolute Gasteiger partial charge is 0.184 e. The molecule has 1 aromatic rings. The van der Waals surface area contributed by atoms with Gasteiger partial charge in [0.05, 0.1) is 19.4 Å². The van der Waals surface area contributed by atoms with Gasteiger partial charge < -0.3 is 15.2 Å². The van der Waals surface area contributed by atoms with Gasteiger partial charge in [-0.1, -0.05) is 6.92 Å². The van der Waals surface area contributed by atoms with Crippen LogP contribution in [0.3, 0.4) is 0 Å². The number of nitrogens with zero attached hydrogens (tertiary/aromatic N) is 1. The van der Waals surface area contributed by atoms with Crippen molar-refractivity contribution in [1.82, 2.24) is 5.43 Å². The van der Waals surface area contributed by atoms with Gasteiger partial charge in [0.15, 0.2) is 5.11 Å². The molecule has 5 nitrogen and oxygen atoms in total. The Morgan fingerprint density at radius 1 is 1.53 bits per heavy atom. The van der Waals surface area contributed by atoms with E-state index < -0.39 is 0 Å². The van der Waals surface area contributed by atoms with Crippen molar-refractivity contribution in [3.8, 4) is 5.75 Å². The van der Waals surface area contributed by atoms with Gasteiger partial charge >= 0.3 is 0 Å². The number of hydrazone groups is 1. The summed E-state index contributed by atoms with van der Waals surface area (Å²) in [6.07, 6.45) is 2.61. The van der Waals surface area contributed by atoms with Crippen LogP contribution in [0.4, 0.5) is 0 Å². The largest absolute Gasteiger partial charge is 0.493 e. The number of nitrogens with one attached hydrogen (secondary N) is 1. The van der Waals surface area contributed by atoms with E-state index in [9.17, 15) is 0 Å². The number of rotatable bonds is 7. The Morgan fingerprint density at radius 3 is 2.95 bits per heavy atom. The highest BCUT2D eigenvalue weighted by atomic mass is 32.1. The molecule has 0 fully saturated rings. The molecule has 104 valence electrons. The van der Waals surface area contributed by atoms with Crippen LogP contribution in [0.1, 0.15) is 24.5 Å². The average Bonchev–Trinajstić information content (AvgIpc) is 2.38. The second kappa shape index (κ2) is 8.44. The Bertz CT molecular complexity index is 450. The van der Waals surface area contributed by atoms with Crippen molar-refractivity contribution in [3.63, 3.8) is 0 Å². The third-order valence-electron chi connectivity index (χ3n) is 2.23. The second-order valence-electron chi connectivity index (χ2n) is 3.88. The first kappa shape index (κ1) is 15.4. The monoisotopic (exact) mass is 281 g/mol. The lowest BCUT2D eigenvalue weighted by atomic mass is 10.1. The molecule has 0 aliphatic rings. The number of hydrogen-bond donors (Lipinski definition) is 2. The van der Waals surface area contributed by atoms with E-state index in [0.717, 1.165) is 23.3 Å².